The summed E-state index contributed by atoms with van der Waals surface area (Å²) in [5, 5.41) is 0.684. The molecule has 2 atom stereocenters. The minimum Gasteiger partial charge on any atom is -0.465 e. The normalized spacial score (nSPS) is 18.8. The van der Waals surface area contributed by atoms with Gasteiger partial charge in [0.15, 0.2) is 0 Å². The fraction of sp³-hybridized carbons (Fsp3) is 0.258. The first-order chi connectivity index (χ1) is 18.0. The maximum absolute atomic E-state index is 14.1. The van der Waals surface area contributed by atoms with Gasteiger partial charge in [-0.05, 0) is 37.1 Å². The minimum absolute atomic E-state index is 0.0844. The molecule has 0 aliphatic carbocycles. The molecule has 1 aliphatic rings. The van der Waals surface area contributed by atoms with Crippen molar-refractivity contribution in [2.75, 3.05) is 6.61 Å². The molecule has 37 heavy (non-hydrogen) atoms. The van der Waals surface area contributed by atoms with E-state index in [0.29, 0.717) is 40.4 Å². The Morgan fingerprint density at radius 2 is 1.57 bits per heavy atom. The van der Waals surface area contributed by atoms with Crippen molar-refractivity contribution in [3.8, 4) is 5.88 Å². The topological polar surface area (TPSA) is 74.6 Å². The zero-order valence-corrected chi connectivity index (χ0v) is 21.0. The van der Waals surface area contributed by atoms with Gasteiger partial charge < -0.3 is 9.47 Å². The number of carbonyl (C=O) groups excluding carboxylic acids is 3. The summed E-state index contributed by atoms with van der Waals surface area (Å²) in [6, 6.07) is 25.5. The fourth-order valence-electron chi connectivity index (χ4n) is 5.49. The summed E-state index contributed by atoms with van der Waals surface area (Å²) in [6.45, 7) is 3.96. The number of unbranched alkanes of at least 4 members (excludes halogenated alkanes) is 1. The van der Waals surface area contributed by atoms with Crippen LogP contribution in [-0.4, -0.2) is 29.0 Å². The number of esters is 2. The summed E-state index contributed by atoms with van der Waals surface area (Å²) in [5.41, 5.74) is 0.936. The average molecular weight is 496 g/mol. The Kier molecular flexibility index (Phi) is 6.66. The van der Waals surface area contributed by atoms with E-state index < -0.39 is 23.3 Å². The Labute approximate surface area is 215 Å². The number of hydrogen-bond acceptors (Lipinski definition) is 5. The van der Waals surface area contributed by atoms with E-state index in [2.05, 4.69) is 0 Å². The third-order valence-corrected chi connectivity index (χ3v) is 7.16. The number of carbonyl (C=O) groups is 3. The van der Waals surface area contributed by atoms with E-state index in [0.717, 1.165) is 6.42 Å². The number of nitrogens with zero attached hydrogens (tertiary/aromatic N) is 1. The Hall–Kier alpha value is -4.19. The summed E-state index contributed by atoms with van der Waals surface area (Å²) < 4.78 is 13.1. The number of hydrogen-bond donors (Lipinski definition) is 0. The Bertz CT molecular complexity index is 1460. The van der Waals surface area contributed by atoms with Crippen molar-refractivity contribution in [1.29, 1.82) is 0 Å². The van der Waals surface area contributed by atoms with Crippen LogP contribution in [0.25, 0.3) is 10.9 Å². The first-order valence-corrected chi connectivity index (χ1v) is 12.7. The second-order valence-corrected chi connectivity index (χ2v) is 9.26. The minimum atomic E-state index is -1.29. The van der Waals surface area contributed by atoms with Gasteiger partial charge >= 0.3 is 11.9 Å². The Morgan fingerprint density at radius 3 is 2.24 bits per heavy atom. The van der Waals surface area contributed by atoms with Crippen LogP contribution < -0.4 is 4.74 Å². The predicted molar refractivity (Wildman–Crippen MR) is 141 cm³/mol. The molecule has 0 amide bonds. The van der Waals surface area contributed by atoms with Gasteiger partial charge in [-0.25, -0.2) is 4.57 Å². The maximum Gasteiger partial charge on any atom is 0.324 e. The molecular formula is C31H29NO5. The molecule has 188 valence electrons. The van der Waals surface area contributed by atoms with Gasteiger partial charge in [-0.3, -0.25) is 14.4 Å². The number of aromatic nitrogens is 1. The van der Waals surface area contributed by atoms with Crippen molar-refractivity contribution >= 4 is 28.7 Å². The Balaban J connectivity index is 1.84. The monoisotopic (exact) mass is 495 g/mol. The lowest BCUT2D eigenvalue weighted by atomic mass is 9.63. The van der Waals surface area contributed by atoms with Crippen molar-refractivity contribution in [3.63, 3.8) is 0 Å². The SMILES string of the molecule is CCCC[C@]1(c2ccccc2)C(=O)Oc2c(c3ccccc3n2C(=O)c2ccccc2)[C@@H]1C(=O)OCC. The van der Waals surface area contributed by atoms with E-state index in [4.69, 9.17) is 9.47 Å². The molecule has 0 unspecified atom stereocenters. The summed E-state index contributed by atoms with van der Waals surface area (Å²) in [6.07, 6.45) is 1.94. The van der Waals surface area contributed by atoms with Crippen molar-refractivity contribution < 1.29 is 23.9 Å². The smallest absolute Gasteiger partial charge is 0.324 e. The molecule has 6 heteroatoms. The number of ether oxygens (including phenoxy) is 2. The van der Waals surface area contributed by atoms with Crippen LogP contribution in [0.1, 0.15) is 60.5 Å². The summed E-state index contributed by atoms with van der Waals surface area (Å²) in [7, 11) is 0. The van der Waals surface area contributed by atoms with E-state index in [9.17, 15) is 14.4 Å². The van der Waals surface area contributed by atoms with Crippen LogP contribution in [0.5, 0.6) is 5.88 Å². The fourth-order valence-corrected chi connectivity index (χ4v) is 5.49. The summed E-state index contributed by atoms with van der Waals surface area (Å²) in [4.78, 5) is 41.7. The van der Waals surface area contributed by atoms with Crippen LogP contribution in [0.4, 0.5) is 0 Å². The highest BCUT2D eigenvalue weighted by atomic mass is 16.6. The van der Waals surface area contributed by atoms with Crippen LogP contribution >= 0.6 is 0 Å². The van der Waals surface area contributed by atoms with E-state index in [1.54, 1.807) is 37.3 Å². The molecule has 0 fully saturated rings. The third kappa shape index (κ3) is 3.93. The van der Waals surface area contributed by atoms with Crippen LogP contribution in [-0.2, 0) is 19.7 Å². The van der Waals surface area contributed by atoms with Gasteiger partial charge in [-0.1, -0.05) is 86.5 Å². The second-order valence-electron chi connectivity index (χ2n) is 9.26. The van der Waals surface area contributed by atoms with Gasteiger partial charge in [0.25, 0.3) is 5.91 Å². The molecule has 0 bridgehead atoms. The quantitative estimate of drug-likeness (QED) is 0.293. The molecule has 2 heterocycles. The first-order valence-electron chi connectivity index (χ1n) is 12.7. The Morgan fingerprint density at radius 1 is 0.919 bits per heavy atom. The van der Waals surface area contributed by atoms with Crippen molar-refractivity contribution in [2.24, 2.45) is 0 Å². The average Bonchev–Trinajstić information content (AvgIpc) is 3.25. The van der Waals surface area contributed by atoms with Crippen molar-refractivity contribution in [1.82, 2.24) is 4.57 Å². The van der Waals surface area contributed by atoms with Gasteiger partial charge in [0, 0.05) is 16.5 Å². The molecule has 0 saturated carbocycles. The second kappa shape index (κ2) is 10.1. The number of fused-ring (bicyclic) bond motifs is 3. The van der Waals surface area contributed by atoms with Crippen LogP contribution in [0.3, 0.4) is 0 Å². The van der Waals surface area contributed by atoms with Gasteiger partial charge in [0.05, 0.1) is 12.1 Å². The van der Waals surface area contributed by atoms with Crippen molar-refractivity contribution in [3.05, 3.63) is 102 Å². The standard InChI is InChI=1S/C31H29NO5/c1-3-5-20-31(22-16-10-7-11-17-22)26(29(34)36-4-2)25-23-18-12-13-19-24(23)32(28(25)37-30(31)35)27(33)21-14-8-6-9-15-21/h6-19,26H,3-5,20H2,1-2H3/t26-,31-/m1/s1. The first kappa shape index (κ1) is 24.5. The van der Waals surface area contributed by atoms with Gasteiger partial charge in [0.2, 0.25) is 5.88 Å². The van der Waals surface area contributed by atoms with E-state index in [1.807, 2.05) is 61.5 Å². The van der Waals surface area contributed by atoms with E-state index in [-0.39, 0.29) is 18.4 Å². The lowest BCUT2D eigenvalue weighted by molar-refractivity contribution is -0.157. The van der Waals surface area contributed by atoms with Crippen LogP contribution in [0, 0.1) is 0 Å². The predicted octanol–water partition coefficient (Wildman–Crippen LogP) is 6.02. The molecule has 6 nitrogen and oxygen atoms in total. The lowest BCUT2D eigenvalue weighted by Crippen LogP contribution is -2.51. The van der Waals surface area contributed by atoms with Gasteiger partial charge in [-0.2, -0.15) is 0 Å². The molecule has 0 spiro atoms. The molecular weight excluding hydrogens is 466 g/mol. The molecule has 1 aromatic heterocycles. The van der Waals surface area contributed by atoms with Crippen molar-refractivity contribution in [2.45, 2.75) is 44.4 Å². The van der Waals surface area contributed by atoms with Crippen LogP contribution in [0.2, 0.25) is 0 Å². The van der Waals surface area contributed by atoms with E-state index >= 15 is 0 Å². The largest absolute Gasteiger partial charge is 0.465 e. The molecule has 0 radical (unpaired) electrons. The summed E-state index contributed by atoms with van der Waals surface area (Å²) >= 11 is 0. The van der Waals surface area contributed by atoms with Gasteiger partial charge in [0.1, 0.15) is 11.3 Å². The lowest BCUT2D eigenvalue weighted by Gasteiger charge is -2.41. The zero-order valence-electron chi connectivity index (χ0n) is 21.0. The number of rotatable bonds is 7. The third-order valence-electron chi connectivity index (χ3n) is 7.16. The van der Waals surface area contributed by atoms with Gasteiger partial charge in [-0.15, -0.1) is 0 Å². The zero-order chi connectivity index (χ0) is 26.0. The van der Waals surface area contributed by atoms with Crippen LogP contribution in [0.15, 0.2) is 84.9 Å². The molecule has 0 saturated heterocycles. The molecule has 0 N–H and O–H groups in total. The molecule has 3 aromatic carbocycles. The maximum atomic E-state index is 14.1. The highest BCUT2D eigenvalue weighted by molar-refractivity contribution is 6.09. The molecule has 1 aliphatic heterocycles. The highest BCUT2D eigenvalue weighted by Gasteiger charge is 2.58. The summed E-state index contributed by atoms with van der Waals surface area (Å²) in [5.74, 6) is -2.29. The highest BCUT2D eigenvalue weighted by Crippen LogP contribution is 2.54. The number of benzene rings is 3. The molecule has 4 aromatic rings. The van der Waals surface area contributed by atoms with E-state index in [1.165, 1.54) is 4.57 Å². The molecule has 5 rings (SSSR count). The number of para-hydroxylation sites is 1.